The van der Waals surface area contributed by atoms with Crippen molar-refractivity contribution in [2.24, 2.45) is 0 Å². The quantitative estimate of drug-likeness (QED) is 0.460. The number of carbonyl (C=O) groups is 1. The molecular formula is C14H15N3O5. The average Bonchev–Trinajstić information content (AvgIpc) is 2.95. The van der Waals surface area contributed by atoms with Crippen LogP contribution in [0.1, 0.15) is 6.92 Å². The molecule has 0 aliphatic heterocycles. The number of carbonyl (C=O) groups excluding carboxylic acids is 1. The molecule has 22 heavy (non-hydrogen) atoms. The number of esters is 1. The lowest BCUT2D eigenvalue weighted by atomic mass is 10.1. The highest BCUT2D eigenvalue weighted by atomic mass is 16.6. The fraction of sp³-hybridized carbons (Fsp3) is 0.286. The third-order valence-electron chi connectivity index (χ3n) is 2.91. The normalized spacial score (nSPS) is 10.3. The molecule has 116 valence electrons. The number of rotatable bonds is 6. The molecule has 0 radical (unpaired) electrons. The zero-order chi connectivity index (χ0) is 16.1. The minimum Gasteiger partial charge on any atom is -0.490 e. The van der Waals surface area contributed by atoms with Crippen LogP contribution in [-0.4, -0.2) is 34.4 Å². The number of hydrogen-bond donors (Lipinski definition) is 0. The van der Waals surface area contributed by atoms with Crippen LogP contribution in [0, 0.1) is 10.1 Å². The van der Waals surface area contributed by atoms with Gasteiger partial charge in [-0.2, -0.15) is 5.10 Å². The Morgan fingerprint density at radius 3 is 2.82 bits per heavy atom. The maximum Gasteiger partial charge on any atom is 0.327 e. The smallest absolute Gasteiger partial charge is 0.327 e. The third kappa shape index (κ3) is 3.40. The van der Waals surface area contributed by atoms with E-state index in [0.717, 1.165) is 0 Å². The largest absolute Gasteiger partial charge is 0.490 e. The third-order valence-corrected chi connectivity index (χ3v) is 2.91. The zero-order valence-electron chi connectivity index (χ0n) is 12.2. The van der Waals surface area contributed by atoms with Crippen molar-refractivity contribution in [3.8, 4) is 17.0 Å². The highest BCUT2D eigenvalue weighted by Gasteiger charge is 2.17. The monoisotopic (exact) mass is 305 g/mol. The van der Waals surface area contributed by atoms with Crippen molar-refractivity contribution in [1.29, 1.82) is 0 Å². The second-order valence-corrected chi connectivity index (χ2v) is 4.35. The fourth-order valence-electron chi connectivity index (χ4n) is 1.93. The van der Waals surface area contributed by atoms with Gasteiger partial charge in [-0.1, -0.05) is 0 Å². The van der Waals surface area contributed by atoms with Gasteiger partial charge in [0.15, 0.2) is 5.75 Å². The molecule has 2 aromatic rings. The van der Waals surface area contributed by atoms with Gasteiger partial charge in [-0.05, 0) is 25.1 Å². The van der Waals surface area contributed by atoms with E-state index in [1.54, 1.807) is 25.3 Å². The van der Waals surface area contributed by atoms with E-state index in [9.17, 15) is 14.9 Å². The van der Waals surface area contributed by atoms with Crippen molar-refractivity contribution in [1.82, 2.24) is 9.78 Å². The topological polar surface area (TPSA) is 96.5 Å². The minimum atomic E-state index is -0.516. The number of nitro benzene ring substituents is 1. The van der Waals surface area contributed by atoms with Crippen LogP contribution < -0.4 is 4.74 Å². The number of benzene rings is 1. The van der Waals surface area contributed by atoms with Crippen LogP contribution in [0.4, 0.5) is 5.69 Å². The summed E-state index contributed by atoms with van der Waals surface area (Å²) in [5.74, 6) is -0.211. The summed E-state index contributed by atoms with van der Waals surface area (Å²) < 4.78 is 11.2. The molecule has 0 fully saturated rings. The predicted molar refractivity (Wildman–Crippen MR) is 77.5 cm³/mol. The molecule has 0 unspecified atom stereocenters. The summed E-state index contributed by atoms with van der Waals surface area (Å²) in [6, 6.07) is 6.24. The molecular weight excluding hydrogens is 290 g/mol. The summed E-state index contributed by atoms with van der Waals surface area (Å²) >= 11 is 0. The van der Waals surface area contributed by atoms with Gasteiger partial charge in [-0.25, -0.2) is 0 Å². The summed E-state index contributed by atoms with van der Waals surface area (Å²) in [5, 5.41) is 15.2. The van der Waals surface area contributed by atoms with E-state index in [1.807, 2.05) is 0 Å². The van der Waals surface area contributed by atoms with E-state index in [0.29, 0.717) is 17.9 Å². The predicted octanol–water partition coefficient (Wildman–Crippen LogP) is 2.03. The fourth-order valence-corrected chi connectivity index (χ4v) is 1.93. The highest BCUT2D eigenvalue weighted by Crippen LogP contribution is 2.31. The summed E-state index contributed by atoms with van der Waals surface area (Å²) in [6.07, 6.45) is 1.61. The van der Waals surface area contributed by atoms with Crippen LogP contribution in [0.15, 0.2) is 30.5 Å². The first-order chi connectivity index (χ1) is 10.5. The van der Waals surface area contributed by atoms with Crippen molar-refractivity contribution in [2.45, 2.75) is 13.5 Å². The number of nitro groups is 1. The molecule has 1 aromatic heterocycles. The van der Waals surface area contributed by atoms with Gasteiger partial charge in [0.25, 0.3) is 0 Å². The average molecular weight is 305 g/mol. The van der Waals surface area contributed by atoms with Gasteiger partial charge >= 0.3 is 11.7 Å². The Morgan fingerprint density at radius 2 is 2.18 bits per heavy atom. The van der Waals surface area contributed by atoms with Crippen LogP contribution in [0.25, 0.3) is 11.3 Å². The molecule has 0 atom stereocenters. The van der Waals surface area contributed by atoms with Gasteiger partial charge in [-0.3, -0.25) is 19.6 Å². The lowest BCUT2D eigenvalue weighted by molar-refractivity contribution is -0.385. The van der Waals surface area contributed by atoms with E-state index in [1.165, 1.54) is 23.9 Å². The first-order valence-corrected chi connectivity index (χ1v) is 6.57. The Bertz CT molecular complexity index is 696. The molecule has 1 aromatic carbocycles. The number of ether oxygens (including phenoxy) is 2. The molecule has 0 amide bonds. The van der Waals surface area contributed by atoms with E-state index < -0.39 is 10.9 Å². The van der Waals surface area contributed by atoms with Crippen molar-refractivity contribution >= 4 is 11.7 Å². The molecule has 0 saturated carbocycles. The van der Waals surface area contributed by atoms with Crippen LogP contribution >= 0.6 is 0 Å². The van der Waals surface area contributed by atoms with E-state index in [4.69, 9.17) is 9.47 Å². The standard InChI is InChI=1S/C14H15N3O5/c1-3-22-14(18)9-16-7-6-11(15-16)10-4-5-13(21-2)12(8-10)17(19)20/h4-8H,3,9H2,1-2H3. The maximum absolute atomic E-state index is 11.4. The van der Waals surface area contributed by atoms with Crippen LogP contribution in [-0.2, 0) is 16.1 Å². The lowest BCUT2D eigenvalue weighted by Gasteiger charge is -2.03. The molecule has 2 rings (SSSR count). The molecule has 0 bridgehead atoms. The number of methoxy groups -OCH3 is 1. The Hall–Kier alpha value is -2.90. The molecule has 1 heterocycles. The number of aromatic nitrogens is 2. The first-order valence-electron chi connectivity index (χ1n) is 6.57. The van der Waals surface area contributed by atoms with Crippen molar-refractivity contribution < 1.29 is 19.2 Å². The van der Waals surface area contributed by atoms with E-state index >= 15 is 0 Å². The number of nitrogens with zero attached hydrogens (tertiary/aromatic N) is 3. The van der Waals surface area contributed by atoms with Crippen molar-refractivity contribution in [2.75, 3.05) is 13.7 Å². The minimum absolute atomic E-state index is 0.00785. The van der Waals surface area contributed by atoms with Gasteiger partial charge in [-0.15, -0.1) is 0 Å². The Labute approximate surface area is 126 Å². The molecule has 8 heteroatoms. The van der Waals surface area contributed by atoms with E-state index in [2.05, 4.69) is 5.10 Å². The number of hydrogen-bond acceptors (Lipinski definition) is 6. The maximum atomic E-state index is 11.4. The molecule has 0 saturated heterocycles. The lowest BCUT2D eigenvalue weighted by Crippen LogP contribution is -2.13. The summed E-state index contributed by atoms with van der Waals surface area (Å²) in [4.78, 5) is 21.9. The molecule has 0 N–H and O–H groups in total. The second-order valence-electron chi connectivity index (χ2n) is 4.35. The zero-order valence-corrected chi connectivity index (χ0v) is 12.2. The SMILES string of the molecule is CCOC(=O)Cn1ccc(-c2ccc(OC)c([N+](=O)[O-])c2)n1. The van der Waals surface area contributed by atoms with Gasteiger partial charge in [0.05, 0.1) is 24.3 Å². The van der Waals surface area contributed by atoms with Crippen LogP contribution in [0.5, 0.6) is 5.75 Å². The van der Waals surface area contributed by atoms with Crippen LogP contribution in [0.2, 0.25) is 0 Å². The van der Waals surface area contributed by atoms with Crippen LogP contribution in [0.3, 0.4) is 0 Å². The Morgan fingerprint density at radius 1 is 1.41 bits per heavy atom. The van der Waals surface area contributed by atoms with Gasteiger partial charge < -0.3 is 9.47 Å². The summed E-state index contributed by atoms with van der Waals surface area (Å²) in [5.41, 5.74) is 0.949. The Kier molecular flexibility index (Phi) is 4.72. The van der Waals surface area contributed by atoms with Crippen molar-refractivity contribution in [3.05, 3.63) is 40.6 Å². The summed E-state index contributed by atoms with van der Waals surface area (Å²) in [6.45, 7) is 2.02. The Balaban J connectivity index is 2.25. The van der Waals surface area contributed by atoms with Gasteiger partial charge in [0.2, 0.25) is 0 Å². The molecule has 0 spiro atoms. The molecule has 0 aliphatic carbocycles. The van der Waals surface area contributed by atoms with Gasteiger partial charge in [0, 0.05) is 17.8 Å². The van der Waals surface area contributed by atoms with Crippen molar-refractivity contribution in [3.63, 3.8) is 0 Å². The first kappa shape index (κ1) is 15.5. The summed E-state index contributed by atoms with van der Waals surface area (Å²) in [7, 11) is 1.37. The van der Waals surface area contributed by atoms with E-state index in [-0.39, 0.29) is 18.0 Å². The second kappa shape index (κ2) is 6.70. The highest BCUT2D eigenvalue weighted by molar-refractivity contribution is 5.69. The molecule has 0 aliphatic rings. The molecule has 8 nitrogen and oxygen atoms in total. The van der Waals surface area contributed by atoms with Gasteiger partial charge in [0.1, 0.15) is 6.54 Å².